The van der Waals surface area contributed by atoms with E-state index in [9.17, 15) is 27.9 Å². The summed E-state index contributed by atoms with van der Waals surface area (Å²) in [6, 6.07) is 2.64. The molecule has 1 aromatic rings. The van der Waals surface area contributed by atoms with Gasteiger partial charge in [0.2, 0.25) is 0 Å². The van der Waals surface area contributed by atoms with Crippen LogP contribution >= 0.6 is 0 Å². The summed E-state index contributed by atoms with van der Waals surface area (Å²) in [5.74, 6) is -1.59. The van der Waals surface area contributed by atoms with Crippen LogP contribution in [0, 0.1) is 0 Å². The van der Waals surface area contributed by atoms with Crippen LogP contribution in [0.5, 0.6) is 5.75 Å². The number of ether oxygens (including phenoxy) is 1. The number of carboxylic acids is 1. The zero-order chi connectivity index (χ0) is 15.1. The molecule has 0 bridgehead atoms. The van der Waals surface area contributed by atoms with Gasteiger partial charge < -0.3 is 9.84 Å². The summed E-state index contributed by atoms with van der Waals surface area (Å²) >= 11 is 0. The smallest absolute Gasteiger partial charge is 0.416 e. The van der Waals surface area contributed by atoms with Gasteiger partial charge in [0.05, 0.1) is 12.7 Å². The summed E-state index contributed by atoms with van der Waals surface area (Å²) < 4.78 is 43.1. The fourth-order valence-electron chi connectivity index (χ4n) is 2.34. The number of rotatable bonds is 3. The topological polar surface area (TPSA) is 63.6 Å². The quantitative estimate of drug-likeness (QED) is 0.927. The molecule has 4 nitrogen and oxygen atoms in total. The Bertz CT molecular complexity index is 569. The molecule has 1 fully saturated rings. The van der Waals surface area contributed by atoms with Gasteiger partial charge >= 0.3 is 12.1 Å². The molecule has 1 aliphatic carbocycles. The third kappa shape index (κ3) is 2.13. The van der Waals surface area contributed by atoms with Crippen LogP contribution in [0.2, 0.25) is 0 Å². The second-order valence-corrected chi connectivity index (χ2v) is 4.69. The highest BCUT2D eigenvalue weighted by molar-refractivity contribution is 6.01. The molecule has 7 heteroatoms. The lowest BCUT2D eigenvalue weighted by Gasteiger charge is -2.37. The van der Waals surface area contributed by atoms with E-state index in [0.29, 0.717) is 0 Å². The maximum absolute atomic E-state index is 12.7. The first-order valence-corrected chi connectivity index (χ1v) is 5.71. The third-order valence-corrected chi connectivity index (χ3v) is 3.45. The minimum atomic E-state index is -4.59. The van der Waals surface area contributed by atoms with Crippen molar-refractivity contribution in [2.24, 2.45) is 0 Å². The molecule has 0 aromatic heterocycles. The van der Waals surface area contributed by atoms with E-state index in [1.54, 1.807) is 0 Å². The van der Waals surface area contributed by atoms with Crippen molar-refractivity contribution in [1.29, 1.82) is 0 Å². The average molecular weight is 288 g/mol. The fourth-order valence-corrected chi connectivity index (χ4v) is 2.34. The van der Waals surface area contributed by atoms with Crippen molar-refractivity contribution in [3.63, 3.8) is 0 Å². The lowest BCUT2D eigenvalue weighted by molar-refractivity contribution is -0.153. The van der Waals surface area contributed by atoms with Crippen LogP contribution < -0.4 is 4.74 Å². The third-order valence-electron chi connectivity index (χ3n) is 3.45. The molecule has 0 amide bonds. The Morgan fingerprint density at radius 2 is 1.95 bits per heavy atom. The second-order valence-electron chi connectivity index (χ2n) is 4.69. The predicted molar refractivity (Wildman–Crippen MR) is 61.6 cm³/mol. The standard InChI is InChI=1S/C13H11F3O4/c1-20-10-3-2-7(13(14,15)16)4-9(10)12(11(18)19)5-8(17)6-12/h2-4H,5-6H2,1H3,(H,18,19). The number of hydrogen-bond acceptors (Lipinski definition) is 3. The highest BCUT2D eigenvalue weighted by atomic mass is 19.4. The second kappa shape index (κ2) is 4.50. The van der Waals surface area contributed by atoms with Gasteiger partial charge in [-0.2, -0.15) is 13.2 Å². The molecule has 2 rings (SSSR count). The van der Waals surface area contributed by atoms with Crippen LogP contribution in [0.15, 0.2) is 18.2 Å². The van der Waals surface area contributed by atoms with Crippen molar-refractivity contribution >= 4 is 11.8 Å². The maximum Gasteiger partial charge on any atom is 0.416 e. The minimum Gasteiger partial charge on any atom is -0.496 e. The lowest BCUT2D eigenvalue weighted by Crippen LogP contribution is -2.48. The molecule has 0 radical (unpaired) electrons. The Kier molecular flexibility index (Phi) is 3.23. The van der Waals surface area contributed by atoms with Crippen molar-refractivity contribution in [3.8, 4) is 5.75 Å². The Labute approximate surface area is 112 Å². The van der Waals surface area contributed by atoms with Crippen LogP contribution in [0.25, 0.3) is 0 Å². The van der Waals surface area contributed by atoms with Gasteiger partial charge in [-0.3, -0.25) is 9.59 Å². The molecule has 0 aliphatic heterocycles. The van der Waals surface area contributed by atoms with Crippen molar-refractivity contribution in [1.82, 2.24) is 0 Å². The largest absolute Gasteiger partial charge is 0.496 e. The first-order chi connectivity index (χ1) is 9.20. The molecule has 20 heavy (non-hydrogen) atoms. The molecule has 1 aliphatic rings. The van der Waals surface area contributed by atoms with Gasteiger partial charge in [-0.1, -0.05) is 0 Å². The van der Waals surface area contributed by atoms with Gasteiger partial charge in [0.25, 0.3) is 0 Å². The van der Waals surface area contributed by atoms with E-state index in [1.807, 2.05) is 0 Å². The molecular formula is C13H11F3O4. The van der Waals surface area contributed by atoms with E-state index in [2.05, 4.69) is 0 Å². The summed E-state index contributed by atoms with van der Waals surface area (Å²) in [6.45, 7) is 0. The van der Waals surface area contributed by atoms with Crippen molar-refractivity contribution in [2.45, 2.75) is 24.4 Å². The van der Waals surface area contributed by atoms with Crippen LogP contribution in [0.1, 0.15) is 24.0 Å². The van der Waals surface area contributed by atoms with Gasteiger partial charge in [-0.05, 0) is 18.2 Å². The highest BCUT2D eigenvalue weighted by Crippen LogP contribution is 2.47. The first kappa shape index (κ1) is 14.4. The molecule has 0 spiro atoms. The highest BCUT2D eigenvalue weighted by Gasteiger charge is 2.53. The Morgan fingerprint density at radius 1 is 1.35 bits per heavy atom. The molecule has 0 unspecified atom stereocenters. The summed E-state index contributed by atoms with van der Waals surface area (Å²) in [6.07, 6.45) is -5.23. The van der Waals surface area contributed by atoms with Gasteiger partial charge in [0.1, 0.15) is 16.9 Å². The normalized spacial score (nSPS) is 17.5. The van der Waals surface area contributed by atoms with Crippen molar-refractivity contribution in [2.75, 3.05) is 7.11 Å². The zero-order valence-corrected chi connectivity index (χ0v) is 10.5. The number of carboxylic acid groups (broad SMARTS) is 1. The number of aliphatic carboxylic acids is 1. The fraction of sp³-hybridized carbons (Fsp3) is 0.385. The number of hydrogen-bond donors (Lipinski definition) is 1. The molecular weight excluding hydrogens is 277 g/mol. The number of ketones is 1. The summed E-state index contributed by atoms with van der Waals surface area (Å²) in [5, 5.41) is 9.28. The average Bonchev–Trinajstić information content (AvgIpc) is 2.32. The molecule has 1 aromatic carbocycles. The summed E-state index contributed by atoms with van der Waals surface area (Å²) in [5.41, 5.74) is -2.70. The number of halogens is 3. The van der Waals surface area contributed by atoms with Gasteiger partial charge in [-0.25, -0.2) is 0 Å². The minimum absolute atomic E-state index is 0.0351. The van der Waals surface area contributed by atoms with E-state index < -0.39 is 23.1 Å². The number of benzene rings is 1. The van der Waals surface area contributed by atoms with Crippen molar-refractivity contribution < 1.29 is 32.6 Å². The molecule has 0 saturated heterocycles. The molecule has 1 saturated carbocycles. The lowest BCUT2D eigenvalue weighted by atomic mass is 9.63. The van der Waals surface area contributed by atoms with E-state index in [4.69, 9.17) is 4.74 Å². The number of carbonyl (C=O) groups excluding carboxylic acids is 1. The number of methoxy groups -OCH3 is 1. The van der Waals surface area contributed by atoms with Crippen LogP contribution in [0.3, 0.4) is 0 Å². The molecule has 1 N–H and O–H groups in total. The van der Waals surface area contributed by atoms with Gasteiger partial charge in [0, 0.05) is 18.4 Å². The molecule has 0 atom stereocenters. The SMILES string of the molecule is COc1ccc(C(F)(F)F)cc1C1(C(=O)O)CC(=O)C1. The van der Waals surface area contributed by atoms with Gasteiger partial charge in [0.15, 0.2) is 0 Å². The van der Waals surface area contributed by atoms with Crippen LogP contribution in [-0.2, 0) is 21.2 Å². The summed E-state index contributed by atoms with van der Waals surface area (Å²) in [7, 11) is 1.24. The Hall–Kier alpha value is -2.05. The van der Waals surface area contributed by atoms with Crippen LogP contribution in [0.4, 0.5) is 13.2 Å². The van der Waals surface area contributed by atoms with E-state index >= 15 is 0 Å². The number of carbonyl (C=O) groups is 2. The number of Topliss-reactive ketones (excluding diaryl/α,β-unsaturated/α-hetero) is 1. The van der Waals surface area contributed by atoms with Gasteiger partial charge in [-0.15, -0.1) is 0 Å². The molecule has 0 heterocycles. The predicted octanol–water partition coefficient (Wildman–Crippen LogP) is 2.40. The van der Waals surface area contributed by atoms with Crippen molar-refractivity contribution in [3.05, 3.63) is 29.3 Å². The Balaban J connectivity index is 2.59. The zero-order valence-electron chi connectivity index (χ0n) is 10.5. The molecule has 108 valence electrons. The van der Waals surface area contributed by atoms with Crippen LogP contribution in [-0.4, -0.2) is 24.0 Å². The Morgan fingerprint density at radius 3 is 2.35 bits per heavy atom. The van der Waals surface area contributed by atoms with E-state index in [-0.39, 0.29) is 29.9 Å². The first-order valence-electron chi connectivity index (χ1n) is 5.71. The number of alkyl halides is 3. The van der Waals surface area contributed by atoms with E-state index in [0.717, 1.165) is 18.2 Å². The summed E-state index contributed by atoms with van der Waals surface area (Å²) in [4.78, 5) is 22.5. The maximum atomic E-state index is 12.7. The monoisotopic (exact) mass is 288 g/mol. The van der Waals surface area contributed by atoms with E-state index in [1.165, 1.54) is 7.11 Å².